The summed E-state index contributed by atoms with van der Waals surface area (Å²) in [5, 5.41) is 7.26. The summed E-state index contributed by atoms with van der Waals surface area (Å²) in [6.07, 6.45) is 1.38. The molecule has 1 aliphatic heterocycles. The molecule has 3 heterocycles. The lowest BCUT2D eigenvalue weighted by molar-refractivity contribution is 0.122. The van der Waals surface area contributed by atoms with Crippen LogP contribution in [0.2, 0.25) is 0 Å². The summed E-state index contributed by atoms with van der Waals surface area (Å²) in [6, 6.07) is 7.07. The van der Waals surface area contributed by atoms with Gasteiger partial charge in [0, 0.05) is 19.2 Å². The van der Waals surface area contributed by atoms with Gasteiger partial charge >= 0.3 is 0 Å². The van der Waals surface area contributed by atoms with Gasteiger partial charge in [-0.3, -0.25) is 0 Å². The number of pyridine rings is 1. The van der Waals surface area contributed by atoms with Gasteiger partial charge in [0.15, 0.2) is 0 Å². The van der Waals surface area contributed by atoms with E-state index in [1.807, 2.05) is 19.1 Å². The summed E-state index contributed by atoms with van der Waals surface area (Å²) in [5.74, 6) is 0.383. The first-order chi connectivity index (χ1) is 13.1. The maximum atomic E-state index is 13.4. The Morgan fingerprint density at radius 1 is 1.04 bits per heavy atom. The quantitative estimate of drug-likeness (QED) is 0.760. The fourth-order valence-electron chi connectivity index (χ4n) is 2.90. The Morgan fingerprint density at radius 2 is 1.78 bits per heavy atom. The number of hydrogen-bond acceptors (Lipinski definition) is 6. The fourth-order valence-corrected chi connectivity index (χ4v) is 2.90. The lowest BCUT2D eigenvalue weighted by Crippen LogP contribution is -2.36. The Labute approximate surface area is 154 Å². The summed E-state index contributed by atoms with van der Waals surface area (Å²) in [4.78, 5) is 10.9. The minimum absolute atomic E-state index is 0.249. The Hall–Kier alpha value is -3.07. The number of nitrogens with one attached hydrogen (secondary N) is 1. The summed E-state index contributed by atoms with van der Waals surface area (Å²) in [7, 11) is 0. The molecule has 0 aliphatic carbocycles. The molecule has 2 aromatic heterocycles. The molecule has 1 N–H and O–H groups in total. The van der Waals surface area contributed by atoms with Crippen molar-refractivity contribution >= 4 is 17.6 Å². The molecule has 7 nitrogen and oxygen atoms in total. The van der Waals surface area contributed by atoms with E-state index in [1.54, 1.807) is 0 Å². The molecule has 0 unspecified atom stereocenters. The smallest absolute Gasteiger partial charge is 0.248 e. The van der Waals surface area contributed by atoms with Gasteiger partial charge in [0.25, 0.3) is 0 Å². The number of halogens is 2. The van der Waals surface area contributed by atoms with Crippen LogP contribution in [0.25, 0.3) is 5.69 Å². The predicted octanol–water partition coefficient (Wildman–Crippen LogP) is 2.83. The van der Waals surface area contributed by atoms with Crippen molar-refractivity contribution in [3.05, 3.63) is 53.9 Å². The molecule has 0 atom stereocenters. The van der Waals surface area contributed by atoms with E-state index in [1.165, 1.54) is 23.1 Å². The summed E-state index contributed by atoms with van der Waals surface area (Å²) in [5.41, 5.74) is 1.29. The van der Waals surface area contributed by atoms with Crippen LogP contribution >= 0.6 is 0 Å². The van der Waals surface area contributed by atoms with E-state index in [-0.39, 0.29) is 11.6 Å². The molecule has 0 bridgehead atoms. The van der Waals surface area contributed by atoms with E-state index < -0.39 is 11.6 Å². The van der Waals surface area contributed by atoms with Crippen molar-refractivity contribution in [3.8, 4) is 5.69 Å². The highest BCUT2D eigenvalue weighted by atomic mass is 19.1. The maximum absolute atomic E-state index is 13.4. The number of aryl methyl sites for hydroxylation is 1. The van der Waals surface area contributed by atoms with Crippen LogP contribution in [-0.4, -0.2) is 46.1 Å². The van der Waals surface area contributed by atoms with Crippen molar-refractivity contribution in [3.63, 3.8) is 0 Å². The number of ether oxygens (including phenoxy) is 1. The average molecular weight is 372 g/mol. The monoisotopic (exact) mass is 372 g/mol. The summed E-state index contributed by atoms with van der Waals surface area (Å²) in [6.45, 7) is 4.91. The zero-order valence-electron chi connectivity index (χ0n) is 14.7. The van der Waals surface area contributed by atoms with Crippen molar-refractivity contribution in [2.45, 2.75) is 6.92 Å². The molecule has 140 valence electrons. The zero-order valence-corrected chi connectivity index (χ0v) is 14.7. The van der Waals surface area contributed by atoms with Crippen molar-refractivity contribution in [2.75, 3.05) is 36.5 Å². The fraction of sp³-hybridized carbons (Fsp3) is 0.278. The normalized spacial score (nSPS) is 14.4. The van der Waals surface area contributed by atoms with E-state index in [4.69, 9.17) is 4.74 Å². The minimum Gasteiger partial charge on any atom is -0.378 e. The first-order valence-electron chi connectivity index (χ1n) is 8.53. The van der Waals surface area contributed by atoms with E-state index in [9.17, 15) is 8.78 Å². The van der Waals surface area contributed by atoms with E-state index in [0.717, 1.165) is 30.5 Å². The molecule has 1 fully saturated rings. The topological polar surface area (TPSA) is 68.1 Å². The molecule has 1 saturated heterocycles. The van der Waals surface area contributed by atoms with E-state index in [2.05, 4.69) is 25.3 Å². The Balaban J connectivity index is 1.56. The standard InChI is InChI=1S/C18H18F2N6O/c1-12-6-16(22-17(7-12)25-2-4-27-5-3-25)23-18-21-11-26(24-18)15-9-13(19)8-14(20)10-15/h6-11H,2-5H2,1H3,(H,22,23,24). The number of benzene rings is 1. The van der Waals surface area contributed by atoms with E-state index in [0.29, 0.717) is 19.0 Å². The molecule has 0 amide bonds. The first-order valence-corrected chi connectivity index (χ1v) is 8.53. The highest BCUT2D eigenvalue weighted by molar-refractivity contribution is 5.55. The molecular weight excluding hydrogens is 354 g/mol. The molecule has 1 aromatic carbocycles. The van der Waals surface area contributed by atoms with Crippen LogP contribution in [-0.2, 0) is 4.74 Å². The van der Waals surface area contributed by atoms with Gasteiger partial charge in [-0.2, -0.15) is 4.98 Å². The Morgan fingerprint density at radius 3 is 2.52 bits per heavy atom. The molecule has 1 aliphatic rings. The van der Waals surface area contributed by atoms with Crippen LogP contribution in [0.5, 0.6) is 0 Å². The Kier molecular flexibility index (Phi) is 4.68. The van der Waals surface area contributed by atoms with Crippen molar-refractivity contribution in [2.24, 2.45) is 0 Å². The van der Waals surface area contributed by atoms with Gasteiger partial charge in [-0.1, -0.05) is 0 Å². The largest absolute Gasteiger partial charge is 0.378 e. The lowest BCUT2D eigenvalue weighted by atomic mass is 10.2. The molecular formula is C18H18F2N6O. The Bertz CT molecular complexity index is 935. The van der Waals surface area contributed by atoms with E-state index >= 15 is 0 Å². The number of hydrogen-bond donors (Lipinski definition) is 1. The molecule has 27 heavy (non-hydrogen) atoms. The number of nitrogens with zero attached hydrogens (tertiary/aromatic N) is 5. The van der Waals surface area contributed by atoms with Gasteiger partial charge < -0.3 is 15.0 Å². The third-order valence-corrected chi connectivity index (χ3v) is 4.13. The third kappa shape index (κ3) is 4.03. The van der Waals surface area contributed by atoms with Crippen LogP contribution in [0.15, 0.2) is 36.7 Å². The maximum Gasteiger partial charge on any atom is 0.248 e. The second-order valence-electron chi connectivity index (χ2n) is 6.25. The van der Waals surface area contributed by atoms with Crippen LogP contribution in [0.1, 0.15) is 5.56 Å². The van der Waals surface area contributed by atoms with Crippen molar-refractivity contribution in [1.29, 1.82) is 0 Å². The second kappa shape index (κ2) is 7.28. The minimum atomic E-state index is -0.675. The van der Waals surface area contributed by atoms with Gasteiger partial charge in [-0.25, -0.2) is 18.4 Å². The van der Waals surface area contributed by atoms with Crippen LogP contribution in [0, 0.1) is 18.6 Å². The molecule has 3 aromatic rings. The van der Waals surface area contributed by atoms with Crippen LogP contribution < -0.4 is 10.2 Å². The average Bonchev–Trinajstić information content (AvgIpc) is 3.10. The highest BCUT2D eigenvalue weighted by Gasteiger charge is 2.14. The highest BCUT2D eigenvalue weighted by Crippen LogP contribution is 2.21. The number of rotatable bonds is 4. The molecule has 0 spiro atoms. The summed E-state index contributed by atoms with van der Waals surface area (Å²) < 4.78 is 33.5. The van der Waals surface area contributed by atoms with Gasteiger partial charge in [-0.15, -0.1) is 5.10 Å². The molecule has 0 saturated carbocycles. The van der Waals surface area contributed by atoms with Gasteiger partial charge in [0.2, 0.25) is 5.95 Å². The molecule has 4 rings (SSSR count). The number of morpholine rings is 1. The first kappa shape index (κ1) is 17.3. The number of aromatic nitrogens is 4. The molecule has 9 heteroatoms. The predicted molar refractivity (Wildman–Crippen MR) is 96.6 cm³/mol. The van der Waals surface area contributed by atoms with Gasteiger partial charge in [-0.05, 0) is 36.8 Å². The lowest BCUT2D eigenvalue weighted by Gasteiger charge is -2.28. The van der Waals surface area contributed by atoms with Crippen molar-refractivity contribution < 1.29 is 13.5 Å². The second-order valence-corrected chi connectivity index (χ2v) is 6.25. The van der Waals surface area contributed by atoms with Gasteiger partial charge in [0.1, 0.15) is 29.6 Å². The van der Waals surface area contributed by atoms with Gasteiger partial charge in [0.05, 0.1) is 18.9 Å². The van der Waals surface area contributed by atoms with Crippen LogP contribution in [0.4, 0.5) is 26.4 Å². The SMILES string of the molecule is Cc1cc(Nc2ncn(-c3cc(F)cc(F)c3)n2)nc(N2CCOCC2)c1. The van der Waals surface area contributed by atoms with Crippen LogP contribution in [0.3, 0.4) is 0 Å². The zero-order chi connectivity index (χ0) is 18.8. The third-order valence-electron chi connectivity index (χ3n) is 4.13. The van der Waals surface area contributed by atoms with Crippen molar-refractivity contribution in [1.82, 2.24) is 19.7 Å². The summed E-state index contributed by atoms with van der Waals surface area (Å²) >= 11 is 0. The number of anilines is 3. The molecule has 0 radical (unpaired) electrons.